The van der Waals surface area contributed by atoms with E-state index in [-0.39, 0.29) is 12.1 Å². The molecule has 2 aromatic heterocycles. The Kier molecular flexibility index (Phi) is 4.69. The number of hydrogen-bond acceptors (Lipinski definition) is 3. The van der Waals surface area contributed by atoms with Crippen molar-refractivity contribution in [3.05, 3.63) is 80.8 Å². The highest BCUT2D eigenvalue weighted by molar-refractivity contribution is 7.80. The number of aryl methyl sites for hydroxylation is 2. The van der Waals surface area contributed by atoms with Gasteiger partial charge in [0.15, 0.2) is 5.11 Å². The topological polar surface area (TPSA) is 28.2 Å². The molecule has 0 radical (unpaired) electrons. The molecule has 2 unspecified atom stereocenters. The van der Waals surface area contributed by atoms with Gasteiger partial charge in [0.25, 0.3) is 0 Å². The van der Waals surface area contributed by atoms with E-state index < -0.39 is 0 Å². The zero-order chi connectivity index (χ0) is 18.3. The summed E-state index contributed by atoms with van der Waals surface area (Å²) in [5.74, 6) is 0. The van der Waals surface area contributed by atoms with Crippen molar-refractivity contribution in [2.75, 3.05) is 4.90 Å². The zero-order valence-electron chi connectivity index (χ0n) is 14.4. The summed E-state index contributed by atoms with van der Waals surface area (Å²) in [7, 11) is 0. The van der Waals surface area contributed by atoms with Gasteiger partial charge < -0.3 is 10.2 Å². The van der Waals surface area contributed by atoms with Crippen LogP contribution in [0.3, 0.4) is 0 Å². The molecular formula is C20H18ClN3S2. The van der Waals surface area contributed by atoms with Crippen LogP contribution in [0.25, 0.3) is 0 Å². The summed E-state index contributed by atoms with van der Waals surface area (Å²) in [5, 5.41) is 4.18. The lowest BCUT2D eigenvalue weighted by atomic mass is 10.0. The second-order valence-corrected chi connectivity index (χ2v) is 8.62. The van der Waals surface area contributed by atoms with Crippen molar-refractivity contribution in [1.29, 1.82) is 0 Å². The summed E-state index contributed by atoms with van der Waals surface area (Å²) < 4.78 is 0.776. The fraction of sp³-hybridized carbons (Fsp3) is 0.200. The molecule has 6 heteroatoms. The number of halogens is 1. The predicted molar refractivity (Wildman–Crippen MR) is 113 cm³/mol. The quantitative estimate of drug-likeness (QED) is 0.581. The summed E-state index contributed by atoms with van der Waals surface area (Å²) in [4.78, 5) is 7.92. The molecule has 0 aliphatic carbocycles. The number of anilines is 1. The maximum absolute atomic E-state index is 6.24. The minimum absolute atomic E-state index is 0.0103. The number of rotatable bonds is 3. The second kappa shape index (κ2) is 6.99. The SMILES string of the molecule is Cc1cc(C)cc(N2C(=S)NC(c3ccccn3)C2c2ccc(Cl)s2)c1. The fourth-order valence-corrected chi connectivity index (χ4v) is 5.03. The molecule has 0 saturated carbocycles. The molecule has 132 valence electrons. The Bertz CT molecular complexity index is 934. The van der Waals surface area contributed by atoms with E-state index in [9.17, 15) is 0 Å². The number of benzene rings is 1. The van der Waals surface area contributed by atoms with Crippen LogP contribution < -0.4 is 10.2 Å². The van der Waals surface area contributed by atoms with Gasteiger partial charge in [-0.15, -0.1) is 11.3 Å². The highest BCUT2D eigenvalue weighted by atomic mass is 35.5. The average molecular weight is 400 g/mol. The van der Waals surface area contributed by atoms with E-state index in [4.69, 9.17) is 23.8 Å². The minimum atomic E-state index is -0.0285. The van der Waals surface area contributed by atoms with Crippen molar-refractivity contribution < 1.29 is 0 Å². The highest BCUT2D eigenvalue weighted by Crippen LogP contribution is 2.44. The number of hydrogen-bond donors (Lipinski definition) is 1. The Labute approximate surface area is 167 Å². The lowest BCUT2D eigenvalue weighted by Crippen LogP contribution is -2.29. The Morgan fingerprint density at radius 2 is 1.88 bits per heavy atom. The van der Waals surface area contributed by atoms with E-state index in [1.807, 2.05) is 30.5 Å². The van der Waals surface area contributed by atoms with Gasteiger partial charge in [0.05, 0.1) is 22.1 Å². The van der Waals surface area contributed by atoms with Crippen molar-refractivity contribution in [2.45, 2.75) is 25.9 Å². The molecule has 1 fully saturated rings. The van der Waals surface area contributed by atoms with Crippen LogP contribution in [0.1, 0.15) is 33.8 Å². The van der Waals surface area contributed by atoms with Crippen molar-refractivity contribution in [3.63, 3.8) is 0 Å². The van der Waals surface area contributed by atoms with Gasteiger partial charge in [-0.2, -0.15) is 0 Å². The molecule has 3 heterocycles. The normalized spacial score (nSPS) is 19.7. The first-order valence-corrected chi connectivity index (χ1v) is 9.97. The molecule has 1 saturated heterocycles. The number of thiophene rings is 1. The summed E-state index contributed by atoms with van der Waals surface area (Å²) in [6, 6.07) is 16.5. The van der Waals surface area contributed by atoms with Crippen LogP contribution in [0.5, 0.6) is 0 Å². The number of aromatic nitrogens is 1. The zero-order valence-corrected chi connectivity index (χ0v) is 16.8. The average Bonchev–Trinajstić information content (AvgIpc) is 3.18. The van der Waals surface area contributed by atoms with E-state index in [2.05, 4.69) is 53.3 Å². The van der Waals surface area contributed by atoms with E-state index in [0.717, 1.165) is 20.6 Å². The summed E-state index contributed by atoms with van der Waals surface area (Å²) in [6.45, 7) is 4.21. The van der Waals surface area contributed by atoms with E-state index in [1.165, 1.54) is 11.1 Å². The van der Waals surface area contributed by atoms with Crippen LogP contribution in [0.15, 0.2) is 54.7 Å². The van der Waals surface area contributed by atoms with Gasteiger partial charge in [-0.1, -0.05) is 23.7 Å². The van der Waals surface area contributed by atoms with Gasteiger partial charge >= 0.3 is 0 Å². The fourth-order valence-electron chi connectivity index (χ4n) is 3.50. The standard InChI is InChI=1S/C20H18ClN3S2/c1-12-9-13(2)11-14(10-12)24-19(16-6-7-17(21)26-16)18(23-20(24)25)15-5-3-4-8-22-15/h3-11,18-19H,1-2H3,(H,23,25). The Balaban J connectivity index is 1.85. The van der Waals surface area contributed by atoms with Gasteiger partial charge in [-0.05, 0) is 73.6 Å². The molecule has 3 aromatic rings. The van der Waals surface area contributed by atoms with Gasteiger partial charge in [-0.25, -0.2) is 0 Å². The Morgan fingerprint density at radius 1 is 1.12 bits per heavy atom. The lowest BCUT2D eigenvalue weighted by Gasteiger charge is -2.27. The monoisotopic (exact) mass is 399 g/mol. The van der Waals surface area contributed by atoms with Crippen molar-refractivity contribution in [1.82, 2.24) is 10.3 Å². The molecule has 26 heavy (non-hydrogen) atoms. The molecule has 0 spiro atoms. The van der Waals surface area contributed by atoms with E-state index >= 15 is 0 Å². The van der Waals surface area contributed by atoms with Crippen LogP contribution in [0.4, 0.5) is 5.69 Å². The molecule has 4 rings (SSSR count). The van der Waals surface area contributed by atoms with Crippen molar-refractivity contribution >= 4 is 46.0 Å². The number of thiocarbonyl (C=S) groups is 1. The van der Waals surface area contributed by atoms with E-state index in [1.54, 1.807) is 11.3 Å². The van der Waals surface area contributed by atoms with Gasteiger partial charge in [0.1, 0.15) is 0 Å². The summed E-state index contributed by atoms with van der Waals surface area (Å²) in [5.41, 5.74) is 4.49. The van der Waals surface area contributed by atoms with Gasteiger partial charge in [0, 0.05) is 16.8 Å². The molecule has 1 aromatic carbocycles. The lowest BCUT2D eigenvalue weighted by molar-refractivity contribution is 0.575. The third kappa shape index (κ3) is 3.22. The maximum atomic E-state index is 6.24. The third-order valence-corrected chi connectivity index (χ3v) is 6.08. The van der Waals surface area contributed by atoms with Crippen LogP contribution in [0, 0.1) is 13.8 Å². The molecule has 3 nitrogen and oxygen atoms in total. The first-order chi connectivity index (χ1) is 12.5. The molecule has 2 atom stereocenters. The highest BCUT2D eigenvalue weighted by Gasteiger charge is 2.41. The van der Waals surface area contributed by atoms with Crippen molar-refractivity contribution in [3.8, 4) is 0 Å². The molecule has 0 amide bonds. The smallest absolute Gasteiger partial charge is 0.174 e. The molecule has 1 aliphatic rings. The summed E-state index contributed by atoms with van der Waals surface area (Å²) in [6.07, 6.45) is 1.82. The van der Waals surface area contributed by atoms with E-state index in [0.29, 0.717) is 5.11 Å². The van der Waals surface area contributed by atoms with Crippen LogP contribution in [0.2, 0.25) is 4.34 Å². The van der Waals surface area contributed by atoms with Crippen LogP contribution in [-0.4, -0.2) is 10.1 Å². The maximum Gasteiger partial charge on any atom is 0.174 e. The van der Waals surface area contributed by atoms with Crippen LogP contribution >= 0.6 is 35.2 Å². The molecule has 0 bridgehead atoms. The Morgan fingerprint density at radius 3 is 2.50 bits per heavy atom. The first-order valence-electron chi connectivity index (χ1n) is 8.37. The predicted octanol–water partition coefficient (Wildman–Crippen LogP) is 5.59. The molecule has 1 aliphatic heterocycles. The summed E-state index contributed by atoms with van der Waals surface area (Å²) >= 11 is 13.6. The van der Waals surface area contributed by atoms with Gasteiger partial charge in [-0.3, -0.25) is 4.98 Å². The Hall–Kier alpha value is -1.95. The number of nitrogens with zero attached hydrogens (tertiary/aromatic N) is 2. The number of nitrogens with one attached hydrogen (secondary N) is 1. The second-order valence-electron chi connectivity index (χ2n) is 6.48. The first kappa shape index (κ1) is 17.5. The number of pyridine rings is 1. The largest absolute Gasteiger partial charge is 0.351 e. The van der Waals surface area contributed by atoms with Gasteiger partial charge in [0.2, 0.25) is 0 Å². The minimum Gasteiger partial charge on any atom is -0.351 e. The molecule has 1 N–H and O–H groups in total. The van der Waals surface area contributed by atoms with Crippen LogP contribution in [-0.2, 0) is 0 Å². The third-order valence-electron chi connectivity index (χ3n) is 4.47. The van der Waals surface area contributed by atoms with Crippen molar-refractivity contribution in [2.24, 2.45) is 0 Å². The molecular weight excluding hydrogens is 382 g/mol.